The van der Waals surface area contributed by atoms with Crippen LogP contribution < -0.4 is 4.74 Å². The van der Waals surface area contributed by atoms with E-state index in [-0.39, 0.29) is 6.61 Å². The molecule has 0 atom stereocenters. The van der Waals surface area contributed by atoms with Crippen LogP contribution in [-0.4, -0.2) is 26.8 Å². The number of nitrogens with zero attached hydrogens (tertiary/aromatic N) is 3. The first-order chi connectivity index (χ1) is 11.7. The monoisotopic (exact) mass is 319 g/mol. The third-order valence-corrected chi connectivity index (χ3v) is 4.37. The number of hydrogen-bond acceptors (Lipinski definition) is 4. The van der Waals surface area contributed by atoms with Crippen molar-refractivity contribution in [3.8, 4) is 16.9 Å². The summed E-state index contributed by atoms with van der Waals surface area (Å²) < 4.78 is 7.60. The summed E-state index contributed by atoms with van der Waals surface area (Å²) in [6.45, 7) is 2.10. The lowest BCUT2D eigenvalue weighted by molar-refractivity contribution is 0.282. The van der Waals surface area contributed by atoms with Gasteiger partial charge in [0.25, 0.3) is 0 Å². The van der Waals surface area contributed by atoms with Gasteiger partial charge in [-0.25, -0.2) is 0 Å². The maximum Gasteiger partial charge on any atom is 0.161 e. The highest BCUT2D eigenvalue weighted by atomic mass is 16.5. The van der Waals surface area contributed by atoms with Crippen LogP contribution in [0.2, 0.25) is 0 Å². The van der Waals surface area contributed by atoms with Crippen LogP contribution in [0.25, 0.3) is 27.7 Å². The molecule has 0 fully saturated rings. The standard InChI is InChI=1S/C19H17N3O2/c1-12-7-19-21-20-11-22(19)17-8-16(18(24-2)9-15(12)17)14-5-3-13(10-23)4-6-14/h3-9,11,23H,10H2,1-2H3. The molecule has 2 aromatic heterocycles. The topological polar surface area (TPSA) is 59.7 Å². The third kappa shape index (κ3) is 2.21. The van der Waals surface area contributed by atoms with E-state index in [0.29, 0.717) is 0 Å². The predicted octanol–water partition coefficient (Wildman–Crippen LogP) is 3.36. The van der Waals surface area contributed by atoms with Gasteiger partial charge in [-0.15, -0.1) is 10.2 Å². The molecule has 0 amide bonds. The second-order valence-electron chi connectivity index (χ2n) is 5.81. The zero-order valence-corrected chi connectivity index (χ0v) is 13.5. The van der Waals surface area contributed by atoms with E-state index in [1.807, 2.05) is 34.7 Å². The average molecular weight is 319 g/mol. The van der Waals surface area contributed by atoms with Crippen molar-refractivity contribution in [2.45, 2.75) is 13.5 Å². The summed E-state index contributed by atoms with van der Waals surface area (Å²) in [7, 11) is 1.68. The lowest BCUT2D eigenvalue weighted by Gasteiger charge is -2.13. The fraction of sp³-hybridized carbons (Fsp3) is 0.158. The number of fused-ring (bicyclic) bond motifs is 3. The van der Waals surface area contributed by atoms with E-state index >= 15 is 0 Å². The fourth-order valence-electron chi connectivity index (χ4n) is 3.07. The molecule has 0 saturated heterocycles. The molecule has 0 bridgehead atoms. The van der Waals surface area contributed by atoms with E-state index in [4.69, 9.17) is 4.74 Å². The van der Waals surface area contributed by atoms with Crippen LogP contribution in [0.4, 0.5) is 0 Å². The number of aliphatic hydroxyl groups is 1. The highest BCUT2D eigenvalue weighted by Crippen LogP contribution is 2.35. The van der Waals surface area contributed by atoms with Crippen LogP contribution in [-0.2, 0) is 6.61 Å². The van der Waals surface area contributed by atoms with Gasteiger partial charge < -0.3 is 9.84 Å². The molecule has 24 heavy (non-hydrogen) atoms. The van der Waals surface area contributed by atoms with E-state index < -0.39 is 0 Å². The first kappa shape index (κ1) is 14.7. The van der Waals surface area contributed by atoms with E-state index in [2.05, 4.69) is 29.3 Å². The van der Waals surface area contributed by atoms with Crippen molar-refractivity contribution < 1.29 is 9.84 Å². The van der Waals surface area contributed by atoms with Crippen molar-refractivity contribution in [2.24, 2.45) is 0 Å². The van der Waals surface area contributed by atoms with Gasteiger partial charge in [0.2, 0.25) is 0 Å². The van der Waals surface area contributed by atoms with Crippen molar-refractivity contribution >= 4 is 16.6 Å². The fourth-order valence-corrected chi connectivity index (χ4v) is 3.07. The van der Waals surface area contributed by atoms with Gasteiger partial charge in [-0.1, -0.05) is 24.3 Å². The Morgan fingerprint density at radius 2 is 1.92 bits per heavy atom. The smallest absolute Gasteiger partial charge is 0.161 e. The van der Waals surface area contributed by atoms with Crippen LogP contribution >= 0.6 is 0 Å². The Morgan fingerprint density at radius 1 is 1.12 bits per heavy atom. The van der Waals surface area contributed by atoms with E-state index in [1.54, 1.807) is 13.4 Å². The first-order valence-corrected chi connectivity index (χ1v) is 7.72. The van der Waals surface area contributed by atoms with Crippen LogP contribution in [0.15, 0.2) is 48.8 Å². The third-order valence-electron chi connectivity index (χ3n) is 4.37. The summed E-state index contributed by atoms with van der Waals surface area (Å²) in [5.41, 5.74) is 5.91. The number of aryl methyl sites for hydroxylation is 1. The molecule has 120 valence electrons. The highest BCUT2D eigenvalue weighted by molar-refractivity contribution is 5.92. The van der Waals surface area contributed by atoms with Gasteiger partial charge in [0, 0.05) is 10.9 Å². The van der Waals surface area contributed by atoms with Crippen molar-refractivity contribution in [3.05, 3.63) is 59.9 Å². The molecule has 0 spiro atoms. The molecule has 0 aliphatic carbocycles. The Labute approximate surface area is 139 Å². The van der Waals surface area contributed by atoms with Gasteiger partial charge in [0.1, 0.15) is 12.1 Å². The van der Waals surface area contributed by atoms with Gasteiger partial charge in [-0.2, -0.15) is 0 Å². The minimum atomic E-state index is 0.0374. The van der Waals surface area contributed by atoms with Gasteiger partial charge in [-0.05, 0) is 41.8 Å². The summed E-state index contributed by atoms with van der Waals surface area (Å²) in [6, 6.07) is 14.0. The van der Waals surface area contributed by atoms with Crippen LogP contribution in [0, 0.1) is 6.92 Å². The Hall–Kier alpha value is -2.92. The molecule has 2 aromatic carbocycles. The largest absolute Gasteiger partial charge is 0.496 e. The van der Waals surface area contributed by atoms with Crippen LogP contribution in [0.1, 0.15) is 11.1 Å². The predicted molar refractivity (Wildman–Crippen MR) is 93.1 cm³/mol. The summed E-state index contributed by atoms with van der Waals surface area (Å²) in [5, 5.41) is 18.5. The van der Waals surface area contributed by atoms with E-state index in [1.165, 1.54) is 0 Å². The number of aliphatic hydroxyl groups excluding tert-OH is 1. The van der Waals surface area contributed by atoms with E-state index in [9.17, 15) is 5.11 Å². The second-order valence-corrected chi connectivity index (χ2v) is 5.81. The summed E-state index contributed by atoms with van der Waals surface area (Å²) >= 11 is 0. The Kier molecular flexibility index (Phi) is 3.43. The molecule has 0 radical (unpaired) electrons. The van der Waals surface area contributed by atoms with Crippen molar-refractivity contribution in [1.82, 2.24) is 14.6 Å². The normalized spacial score (nSPS) is 11.3. The van der Waals surface area contributed by atoms with Crippen LogP contribution in [0.3, 0.4) is 0 Å². The molecule has 0 aliphatic rings. The van der Waals surface area contributed by atoms with Crippen molar-refractivity contribution in [3.63, 3.8) is 0 Å². The molecule has 1 N–H and O–H groups in total. The van der Waals surface area contributed by atoms with Gasteiger partial charge >= 0.3 is 0 Å². The molecular weight excluding hydrogens is 302 g/mol. The number of benzene rings is 2. The number of ether oxygens (including phenoxy) is 1. The zero-order valence-electron chi connectivity index (χ0n) is 13.5. The molecule has 0 unspecified atom stereocenters. The van der Waals surface area contributed by atoms with Crippen molar-refractivity contribution in [1.29, 1.82) is 0 Å². The summed E-state index contributed by atoms with van der Waals surface area (Å²) in [4.78, 5) is 0. The first-order valence-electron chi connectivity index (χ1n) is 7.72. The Morgan fingerprint density at radius 3 is 2.62 bits per heavy atom. The number of rotatable bonds is 3. The molecule has 5 nitrogen and oxygen atoms in total. The highest BCUT2D eigenvalue weighted by Gasteiger charge is 2.12. The van der Waals surface area contributed by atoms with E-state index in [0.717, 1.165) is 44.6 Å². The minimum absolute atomic E-state index is 0.0374. The quantitative estimate of drug-likeness (QED) is 0.629. The summed E-state index contributed by atoms with van der Waals surface area (Å²) in [6.07, 6.45) is 1.72. The van der Waals surface area contributed by atoms with Crippen molar-refractivity contribution in [2.75, 3.05) is 7.11 Å². The summed E-state index contributed by atoms with van der Waals surface area (Å²) in [5.74, 6) is 0.815. The lowest BCUT2D eigenvalue weighted by atomic mass is 9.99. The minimum Gasteiger partial charge on any atom is -0.496 e. The average Bonchev–Trinajstić information content (AvgIpc) is 3.09. The molecule has 0 saturated carbocycles. The van der Waals surface area contributed by atoms with Gasteiger partial charge in [-0.3, -0.25) is 4.40 Å². The number of aromatic nitrogens is 3. The molecule has 4 rings (SSSR count). The SMILES string of the molecule is COc1cc2c(C)cc3nncn3c2cc1-c1ccc(CO)cc1. The Balaban J connectivity index is 2.02. The molecular formula is C19H17N3O2. The molecule has 2 heterocycles. The number of pyridine rings is 1. The Bertz CT molecular complexity index is 1040. The maximum atomic E-state index is 9.22. The molecule has 0 aliphatic heterocycles. The maximum absolute atomic E-state index is 9.22. The van der Waals surface area contributed by atoms with Gasteiger partial charge in [0.05, 0.1) is 19.2 Å². The zero-order chi connectivity index (χ0) is 16.7. The number of hydrogen-bond donors (Lipinski definition) is 1. The van der Waals surface area contributed by atoms with Gasteiger partial charge in [0.15, 0.2) is 5.65 Å². The molecule has 4 aromatic rings. The second kappa shape index (κ2) is 5.62. The lowest BCUT2D eigenvalue weighted by Crippen LogP contribution is -1.95. The molecule has 5 heteroatoms. The van der Waals surface area contributed by atoms with Crippen LogP contribution in [0.5, 0.6) is 5.75 Å². The number of methoxy groups -OCH3 is 1.